The summed E-state index contributed by atoms with van der Waals surface area (Å²) in [5.74, 6) is 2.00. The summed E-state index contributed by atoms with van der Waals surface area (Å²) in [6, 6.07) is 7.58. The highest BCUT2D eigenvalue weighted by molar-refractivity contribution is 14.0. The Morgan fingerprint density at radius 3 is 2.33 bits per heavy atom. The first kappa shape index (κ1) is 19.8. The van der Waals surface area contributed by atoms with Crippen LogP contribution in [-0.2, 0) is 0 Å². The van der Waals surface area contributed by atoms with Gasteiger partial charge in [0.1, 0.15) is 6.10 Å². The summed E-state index contributed by atoms with van der Waals surface area (Å²) < 4.78 is 11.1. The highest BCUT2D eigenvalue weighted by atomic mass is 127. The highest BCUT2D eigenvalue weighted by Gasteiger charge is 2.09. The maximum absolute atomic E-state index is 5.93. The Kier molecular flexibility index (Phi) is 9.94. The zero-order valence-corrected chi connectivity index (χ0v) is 15.5. The molecule has 0 saturated heterocycles. The van der Waals surface area contributed by atoms with Crippen LogP contribution in [0.2, 0.25) is 0 Å². The van der Waals surface area contributed by atoms with Gasteiger partial charge in [-0.3, -0.25) is 0 Å². The minimum absolute atomic E-state index is 0. The number of guanidine groups is 1. The van der Waals surface area contributed by atoms with Gasteiger partial charge in [-0.25, -0.2) is 4.99 Å². The van der Waals surface area contributed by atoms with Crippen molar-refractivity contribution in [2.45, 2.75) is 26.9 Å². The lowest BCUT2D eigenvalue weighted by Gasteiger charge is -2.20. The van der Waals surface area contributed by atoms with Gasteiger partial charge < -0.3 is 20.1 Å². The average Bonchev–Trinajstić information content (AvgIpc) is 2.47. The number of benzene rings is 1. The standard InChI is InChI=1S/C15H25N3O2.HI/c1-5-18(6-2)15(16)17-11-12(3)20-14-10-8-7-9-13(14)19-4;/h7-10,12H,5-6,11H2,1-4H3,(H2,16,17);1H. The fourth-order valence-corrected chi connectivity index (χ4v) is 1.84. The van der Waals surface area contributed by atoms with E-state index in [1.807, 2.05) is 36.1 Å². The predicted molar refractivity (Wildman–Crippen MR) is 97.9 cm³/mol. The molecule has 0 aliphatic rings. The van der Waals surface area contributed by atoms with Crippen molar-refractivity contribution in [3.8, 4) is 11.5 Å². The molecule has 0 fully saturated rings. The summed E-state index contributed by atoms with van der Waals surface area (Å²) >= 11 is 0. The van der Waals surface area contributed by atoms with Gasteiger partial charge in [-0.2, -0.15) is 0 Å². The SMILES string of the molecule is CCN(CC)C(N)=NCC(C)Oc1ccccc1OC.I. The van der Waals surface area contributed by atoms with Gasteiger partial charge in [0.05, 0.1) is 13.7 Å². The molecular formula is C15H26IN3O2. The molecule has 0 bridgehead atoms. The third-order valence-electron chi connectivity index (χ3n) is 3.00. The summed E-state index contributed by atoms with van der Waals surface area (Å²) in [7, 11) is 1.63. The van der Waals surface area contributed by atoms with Crippen molar-refractivity contribution in [3.05, 3.63) is 24.3 Å². The Morgan fingerprint density at radius 2 is 1.81 bits per heavy atom. The van der Waals surface area contributed by atoms with Crippen molar-refractivity contribution >= 4 is 29.9 Å². The van der Waals surface area contributed by atoms with Crippen LogP contribution in [0.4, 0.5) is 0 Å². The van der Waals surface area contributed by atoms with Crippen LogP contribution in [-0.4, -0.2) is 43.7 Å². The number of hydrogen-bond acceptors (Lipinski definition) is 3. The number of ether oxygens (including phenoxy) is 2. The van der Waals surface area contributed by atoms with Gasteiger partial charge in [-0.15, -0.1) is 24.0 Å². The molecule has 1 rings (SSSR count). The number of rotatable bonds is 7. The summed E-state index contributed by atoms with van der Waals surface area (Å²) in [6.07, 6.45) is -0.0691. The van der Waals surface area contributed by atoms with Crippen LogP contribution >= 0.6 is 24.0 Å². The normalized spacial score (nSPS) is 12.3. The number of hydrogen-bond donors (Lipinski definition) is 1. The number of aliphatic imine (C=N–C) groups is 1. The monoisotopic (exact) mass is 407 g/mol. The van der Waals surface area contributed by atoms with Gasteiger partial charge >= 0.3 is 0 Å². The zero-order chi connectivity index (χ0) is 15.0. The molecule has 1 aromatic carbocycles. The van der Waals surface area contributed by atoms with Gasteiger partial charge in [-0.1, -0.05) is 12.1 Å². The van der Waals surface area contributed by atoms with E-state index in [2.05, 4.69) is 18.8 Å². The predicted octanol–water partition coefficient (Wildman–Crippen LogP) is 2.74. The molecule has 2 N–H and O–H groups in total. The molecule has 1 unspecified atom stereocenters. The van der Waals surface area contributed by atoms with Gasteiger partial charge in [0.25, 0.3) is 0 Å². The third-order valence-corrected chi connectivity index (χ3v) is 3.00. The molecular weight excluding hydrogens is 381 g/mol. The Balaban J connectivity index is 0.00000400. The molecule has 5 nitrogen and oxygen atoms in total. The van der Waals surface area contributed by atoms with Crippen LogP contribution in [0, 0.1) is 0 Å². The van der Waals surface area contributed by atoms with Crippen LogP contribution in [0.15, 0.2) is 29.3 Å². The van der Waals surface area contributed by atoms with E-state index in [4.69, 9.17) is 15.2 Å². The quantitative estimate of drug-likeness (QED) is 0.429. The summed E-state index contributed by atoms with van der Waals surface area (Å²) in [5, 5.41) is 0. The second-order valence-electron chi connectivity index (χ2n) is 4.45. The lowest BCUT2D eigenvalue weighted by Crippen LogP contribution is -2.37. The van der Waals surface area contributed by atoms with E-state index >= 15 is 0 Å². The molecule has 0 amide bonds. The van der Waals surface area contributed by atoms with E-state index in [9.17, 15) is 0 Å². The molecule has 0 saturated carbocycles. The second kappa shape index (κ2) is 10.5. The van der Waals surface area contributed by atoms with Crippen LogP contribution in [0.25, 0.3) is 0 Å². The summed E-state index contributed by atoms with van der Waals surface area (Å²) in [5.41, 5.74) is 5.93. The Labute approximate surface area is 144 Å². The van der Waals surface area contributed by atoms with E-state index in [1.165, 1.54) is 0 Å². The van der Waals surface area contributed by atoms with Crippen molar-refractivity contribution < 1.29 is 9.47 Å². The molecule has 6 heteroatoms. The molecule has 1 aromatic rings. The largest absolute Gasteiger partial charge is 0.493 e. The average molecular weight is 407 g/mol. The Hall–Kier alpha value is -1.18. The van der Waals surface area contributed by atoms with Gasteiger partial charge in [0.15, 0.2) is 17.5 Å². The number of methoxy groups -OCH3 is 1. The molecule has 0 aliphatic heterocycles. The Bertz CT molecular complexity index is 437. The molecule has 0 heterocycles. The molecule has 0 aromatic heterocycles. The highest BCUT2D eigenvalue weighted by Crippen LogP contribution is 2.26. The van der Waals surface area contributed by atoms with E-state index in [0.29, 0.717) is 12.5 Å². The maximum atomic E-state index is 5.93. The van der Waals surface area contributed by atoms with Crippen molar-refractivity contribution in [1.82, 2.24) is 4.90 Å². The lowest BCUT2D eigenvalue weighted by atomic mass is 10.3. The van der Waals surface area contributed by atoms with Crippen LogP contribution in [0.1, 0.15) is 20.8 Å². The first-order valence-corrected chi connectivity index (χ1v) is 6.96. The topological polar surface area (TPSA) is 60.1 Å². The number of para-hydroxylation sites is 2. The summed E-state index contributed by atoms with van der Waals surface area (Å²) in [4.78, 5) is 6.38. The summed E-state index contributed by atoms with van der Waals surface area (Å²) in [6.45, 7) is 8.30. The van der Waals surface area contributed by atoms with Crippen molar-refractivity contribution in [2.75, 3.05) is 26.7 Å². The zero-order valence-electron chi connectivity index (χ0n) is 13.2. The molecule has 0 aliphatic carbocycles. The van der Waals surface area contributed by atoms with Crippen molar-refractivity contribution in [2.24, 2.45) is 10.7 Å². The minimum Gasteiger partial charge on any atom is -0.493 e. The molecule has 1 atom stereocenters. The van der Waals surface area contributed by atoms with Gasteiger partial charge in [-0.05, 0) is 32.9 Å². The fraction of sp³-hybridized carbons (Fsp3) is 0.533. The van der Waals surface area contributed by atoms with Crippen LogP contribution < -0.4 is 15.2 Å². The van der Waals surface area contributed by atoms with Crippen molar-refractivity contribution in [3.63, 3.8) is 0 Å². The fourth-order valence-electron chi connectivity index (χ4n) is 1.84. The van der Waals surface area contributed by atoms with E-state index in [0.717, 1.165) is 24.6 Å². The van der Waals surface area contributed by atoms with Crippen LogP contribution in [0.3, 0.4) is 0 Å². The molecule has 21 heavy (non-hydrogen) atoms. The third kappa shape index (κ3) is 6.41. The van der Waals surface area contributed by atoms with E-state index < -0.39 is 0 Å². The maximum Gasteiger partial charge on any atom is 0.191 e. The van der Waals surface area contributed by atoms with Gasteiger partial charge in [0, 0.05) is 13.1 Å². The molecule has 120 valence electrons. The molecule has 0 spiro atoms. The molecule has 0 radical (unpaired) electrons. The first-order valence-electron chi connectivity index (χ1n) is 6.96. The van der Waals surface area contributed by atoms with Gasteiger partial charge in [0.2, 0.25) is 0 Å². The smallest absolute Gasteiger partial charge is 0.191 e. The first-order chi connectivity index (χ1) is 9.62. The second-order valence-corrected chi connectivity index (χ2v) is 4.45. The minimum atomic E-state index is -0.0691. The Morgan fingerprint density at radius 1 is 1.24 bits per heavy atom. The number of halogens is 1. The van der Waals surface area contributed by atoms with Crippen LogP contribution in [0.5, 0.6) is 11.5 Å². The number of nitrogens with zero attached hydrogens (tertiary/aromatic N) is 2. The van der Waals surface area contributed by atoms with E-state index in [-0.39, 0.29) is 30.1 Å². The number of nitrogens with two attached hydrogens (primary N) is 1. The van der Waals surface area contributed by atoms with Crippen molar-refractivity contribution in [1.29, 1.82) is 0 Å². The lowest BCUT2D eigenvalue weighted by molar-refractivity contribution is 0.219. The van der Waals surface area contributed by atoms with E-state index in [1.54, 1.807) is 7.11 Å².